The van der Waals surface area contributed by atoms with Crippen LogP contribution in [-0.4, -0.2) is 24.4 Å². The number of rotatable bonds is 4. The average Bonchev–Trinajstić information content (AvgIpc) is 3.12. The third kappa shape index (κ3) is 2.57. The molecule has 2 atom stereocenters. The van der Waals surface area contributed by atoms with E-state index in [-0.39, 0.29) is 11.7 Å². The summed E-state index contributed by atoms with van der Waals surface area (Å²) in [6.07, 6.45) is 0.171. The number of phenolic OH excluding ortho intramolecular Hbond substituents is 1. The van der Waals surface area contributed by atoms with Crippen molar-refractivity contribution in [3.63, 3.8) is 0 Å². The van der Waals surface area contributed by atoms with Crippen LogP contribution in [0.15, 0.2) is 24.3 Å². The highest BCUT2D eigenvalue weighted by molar-refractivity contribution is 5.76. The van der Waals surface area contributed by atoms with E-state index >= 15 is 0 Å². The third-order valence-corrected chi connectivity index (χ3v) is 3.13. The zero-order valence-electron chi connectivity index (χ0n) is 9.60. The summed E-state index contributed by atoms with van der Waals surface area (Å²) in [6, 6.07) is 6.43. The molecule has 0 saturated heterocycles. The molecule has 1 aliphatic carbocycles. The number of benzene rings is 1. The second-order valence-electron chi connectivity index (χ2n) is 4.38. The number of hydrogen-bond acceptors (Lipinski definition) is 3. The summed E-state index contributed by atoms with van der Waals surface area (Å²) in [5.74, 6) is -1.09. The van der Waals surface area contributed by atoms with Crippen molar-refractivity contribution in [2.75, 3.05) is 7.11 Å². The van der Waals surface area contributed by atoms with E-state index in [2.05, 4.69) is 4.74 Å². The fraction of sp³-hybridized carbons (Fsp3) is 0.462. The van der Waals surface area contributed by atoms with Crippen molar-refractivity contribution in [3.05, 3.63) is 29.8 Å². The third-order valence-electron chi connectivity index (χ3n) is 3.13. The van der Waals surface area contributed by atoms with Gasteiger partial charge in [0.05, 0.1) is 7.11 Å². The molecule has 1 aliphatic rings. The Morgan fingerprint density at radius 2 is 2.24 bits per heavy atom. The fourth-order valence-electron chi connectivity index (χ4n) is 2.13. The van der Waals surface area contributed by atoms with Crippen molar-refractivity contribution in [2.24, 2.45) is 5.92 Å². The number of carbonyl (C=O) groups excluding carboxylic acids is 1. The van der Waals surface area contributed by atoms with E-state index in [0.29, 0.717) is 5.56 Å². The first-order valence-electron chi connectivity index (χ1n) is 5.64. The first kappa shape index (κ1) is 11.9. The molecule has 92 valence electrons. The molecule has 0 spiro atoms. The lowest BCUT2D eigenvalue weighted by Crippen LogP contribution is -2.26. The first-order valence-corrected chi connectivity index (χ1v) is 5.64. The van der Waals surface area contributed by atoms with Gasteiger partial charge >= 0.3 is 5.97 Å². The minimum atomic E-state index is -1.66. The second kappa shape index (κ2) is 4.73. The number of alkyl halides is 1. The van der Waals surface area contributed by atoms with Gasteiger partial charge in [-0.1, -0.05) is 12.1 Å². The topological polar surface area (TPSA) is 46.5 Å². The fourth-order valence-corrected chi connectivity index (χ4v) is 2.13. The Bertz CT molecular complexity index is 415. The number of halogens is 1. The van der Waals surface area contributed by atoms with Crippen LogP contribution < -0.4 is 0 Å². The Morgan fingerprint density at radius 3 is 2.76 bits per heavy atom. The monoisotopic (exact) mass is 238 g/mol. The number of carbonyl (C=O) groups is 1. The second-order valence-corrected chi connectivity index (χ2v) is 4.38. The molecular formula is C13H15FO3. The van der Waals surface area contributed by atoms with Crippen molar-refractivity contribution in [1.29, 1.82) is 0 Å². The molecule has 0 amide bonds. The lowest BCUT2D eigenvalue weighted by molar-refractivity contribution is -0.147. The van der Waals surface area contributed by atoms with Crippen molar-refractivity contribution < 1.29 is 19.0 Å². The van der Waals surface area contributed by atoms with Crippen LogP contribution in [0.4, 0.5) is 4.39 Å². The van der Waals surface area contributed by atoms with Crippen molar-refractivity contribution >= 4 is 5.97 Å². The summed E-state index contributed by atoms with van der Waals surface area (Å²) in [5, 5.41) is 9.40. The van der Waals surface area contributed by atoms with Gasteiger partial charge in [-0.2, -0.15) is 0 Å². The van der Waals surface area contributed by atoms with Gasteiger partial charge in [0.1, 0.15) is 5.75 Å². The molecular weight excluding hydrogens is 223 g/mol. The molecule has 2 rings (SSSR count). The van der Waals surface area contributed by atoms with Crippen LogP contribution in [0, 0.1) is 5.92 Å². The highest BCUT2D eigenvalue weighted by Gasteiger charge is 2.41. The standard InChI is InChI=1S/C13H15FO3/c1-17-13(16)12(14)11(8-5-6-8)9-3-2-4-10(15)7-9/h2-4,7-8,11-12,15H,5-6H2,1H3. The van der Waals surface area contributed by atoms with E-state index in [1.54, 1.807) is 12.1 Å². The van der Waals surface area contributed by atoms with Crippen LogP contribution in [-0.2, 0) is 9.53 Å². The molecule has 1 aromatic carbocycles. The number of methoxy groups -OCH3 is 1. The molecule has 1 saturated carbocycles. The zero-order valence-corrected chi connectivity index (χ0v) is 9.60. The first-order chi connectivity index (χ1) is 8.13. The lowest BCUT2D eigenvalue weighted by Gasteiger charge is -2.19. The van der Waals surface area contributed by atoms with E-state index < -0.39 is 18.1 Å². The smallest absolute Gasteiger partial charge is 0.341 e. The van der Waals surface area contributed by atoms with Crippen LogP contribution in [0.2, 0.25) is 0 Å². The zero-order chi connectivity index (χ0) is 12.4. The van der Waals surface area contributed by atoms with E-state index in [4.69, 9.17) is 0 Å². The van der Waals surface area contributed by atoms with E-state index in [1.165, 1.54) is 19.2 Å². The van der Waals surface area contributed by atoms with Crippen LogP contribution >= 0.6 is 0 Å². The minimum absolute atomic E-state index is 0.0882. The average molecular weight is 238 g/mol. The summed E-state index contributed by atoms with van der Waals surface area (Å²) < 4.78 is 18.5. The highest BCUT2D eigenvalue weighted by atomic mass is 19.1. The van der Waals surface area contributed by atoms with E-state index in [1.807, 2.05) is 0 Å². The molecule has 2 unspecified atom stereocenters. The number of phenols is 1. The maximum absolute atomic E-state index is 14.0. The summed E-state index contributed by atoms with van der Waals surface area (Å²) in [5.41, 5.74) is 0.658. The van der Waals surface area contributed by atoms with Gasteiger partial charge in [0, 0.05) is 5.92 Å². The Hall–Kier alpha value is -1.58. The largest absolute Gasteiger partial charge is 0.508 e. The predicted molar refractivity (Wildman–Crippen MR) is 60.5 cm³/mol. The van der Waals surface area contributed by atoms with Gasteiger partial charge in [0.25, 0.3) is 0 Å². The number of ether oxygens (including phenoxy) is 1. The molecule has 0 bridgehead atoms. The van der Waals surface area contributed by atoms with Crippen molar-refractivity contribution in [3.8, 4) is 5.75 Å². The van der Waals surface area contributed by atoms with Gasteiger partial charge in [0.2, 0.25) is 6.17 Å². The van der Waals surface area contributed by atoms with Crippen LogP contribution in [0.5, 0.6) is 5.75 Å². The summed E-state index contributed by atoms with van der Waals surface area (Å²) in [4.78, 5) is 11.3. The van der Waals surface area contributed by atoms with E-state index in [0.717, 1.165) is 12.8 Å². The molecule has 0 aromatic heterocycles. The van der Waals surface area contributed by atoms with Crippen molar-refractivity contribution in [1.82, 2.24) is 0 Å². The molecule has 4 heteroatoms. The summed E-state index contributed by atoms with van der Waals surface area (Å²) in [6.45, 7) is 0. The summed E-state index contributed by atoms with van der Waals surface area (Å²) in [7, 11) is 1.18. The lowest BCUT2D eigenvalue weighted by atomic mass is 9.89. The van der Waals surface area contributed by atoms with E-state index in [9.17, 15) is 14.3 Å². The highest BCUT2D eigenvalue weighted by Crippen LogP contribution is 2.46. The van der Waals surface area contributed by atoms with Gasteiger partial charge < -0.3 is 9.84 Å². The van der Waals surface area contributed by atoms with Crippen molar-refractivity contribution in [2.45, 2.75) is 24.9 Å². The molecule has 0 radical (unpaired) electrons. The molecule has 3 nitrogen and oxygen atoms in total. The maximum Gasteiger partial charge on any atom is 0.341 e. The summed E-state index contributed by atoms with van der Waals surface area (Å²) >= 11 is 0. The molecule has 17 heavy (non-hydrogen) atoms. The maximum atomic E-state index is 14.0. The van der Waals surface area contributed by atoms with Crippen LogP contribution in [0.25, 0.3) is 0 Å². The molecule has 1 aromatic rings. The van der Waals surface area contributed by atoms with Crippen LogP contribution in [0.1, 0.15) is 24.3 Å². The Morgan fingerprint density at radius 1 is 1.53 bits per heavy atom. The Balaban J connectivity index is 2.26. The van der Waals surface area contributed by atoms with Gasteiger partial charge in [-0.05, 0) is 36.5 Å². The quantitative estimate of drug-likeness (QED) is 0.819. The van der Waals surface area contributed by atoms with Gasteiger partial charge in [-0.3, -0.25) is 0 Å². The number of esters is 1. The Labute approximate surface area is 99.2 Å². The molecule has 1 N–H and O–H groups in total. The van der Waals surface area contributed by atoms with Gasteiger partial charge in [0.15, 0.2) is 0 Å². The number of hydrogen-bond donors (Lipinski definition) is 1. The Kier molecular flexibility index (Phi) is 3.31. The van der Waals surface area contributed by atoms with Gasteiger partial charge in [-0.25, -0.2) is 9.18 Å². The number of aromatic hydroxyl groups is 1. The minimum Gasteiger partial charge on any atom is -0.508 e. The molecule has 1 fully saturated rings. The normalized spacial score (nSPS) is 18.5. The van der Waals surface area contributed by atoms with Crippen LogP contribution in [0.3, 0.4) is 0 Å². The molecule has 0 aliphatic heterocycles. The molecule has 0 heterocycles. The predicted octanol–water partition coefficient (Wildman–Crippen LogP) is 2.40. The van der Waals surface area contributed by atoms with Gasteiger partial charge in [-0.15, -0.1) is 0 Å². The SMILES string of the molecule is COC(=O)C(F)C(c1cccc(O)c1)C1CC1.